The second kappa shape index (κ2) is 6.07. The van der Waals surface area contributed by atoms with Gasteiger partial charge in [0.15, 0.2) is 5.84 Å². The van der Waals surface area contributed by atoms with Crippen LogP contribution in [0.25, 0.3) is 0 Å². The molecule has 2 aromatic carbocycles. The van der Waals surface area contributed by atoms with E-state index in [4.69, 9.17) is 5.10 Å². The molecule has 0 bridgehead atoms. The van der Waals surface area contributed by atoms with E-state index in [2.05, 4.69) is 29.6 Å². The minimum atomic E-state index is 0.827. The van der Waals surface area contributed by atoms with Crippen molar-refractivity contribution < 1.29 is 0 Å². The number of rotatable bonds is 3. The van der Waals surface area contributed by atoms with E-state index in [9.17, 15) is 0 Å². The summed E-state index contributed by atoms with van der Waals surface area (Å²) in [5.74, 6) is 0.827. The van der Waals surface area contributed by atoms with Gasteiger partial charge in [0.1, 0.15) is 0 Å². The number of aromatic nitrogens is 1. The minimum absolute atomic E-state index is 0.827. The lowest BCUT2D eigenvalue weighted by atomic mass is 10.2. The molecular weight excluding hydrogens is 318 g/mol. The van der Waals surface area contributed by atoms with Gasteiger partial charge in [0.05, 0.1) is 11.4 Å². The lowest BCUT2D eigenvalue weighted by molar-refractivity contribution is 0.716. The van der Waals surface area contributed by atoms with Crippen molar-refractivity contribution in [2.24, 2.45) is 5.10 Å². The van der Waals surface area contributed by atoms with E-state index in [0.717, 1.165) is 27.9 Å². The third-order valence-corrected chi connectivity index (χ3v) is 4.90. The Bertz CT molecular complexity index is 853. The zero-order valence-electron chi connectivity index (χ0n) is 13.5. The van der Waals surface area contributed by atoms with Gasteiger partial charge in [-0.15, -0.1) is 22.0 Å². The second-order valence-electron chi connectivity index (χ2n) is 5.51. The second-order valence-corrected chi connectivity index (χ2v) is 6.69. The van der Waals surface area contributed by atoms with Crippen molar-refractivity contribution in [1.29, 1.82) is 0 Å². The van der Waals surface area contributed by atoms with Crippen molar-refractivity contribution >= 4 is 28.0 Å². The van der Waals surface area contributed by atoms with Crippen LogP contribution in [-0.2, 0) is 0 Å². The van der Waals surface area contributed by atoms with Crippen molar-refractivity contribution in [2.75, 3.05) is 10.1 Å². The van der Waals surface area contributed by atoms with E-state index in [1.807, 2.05) is 60.5 Å². The SMILES string of the molecule is Cc1nc(N2NN(c3ccccc3)N=C2c2ccccc2)sc1C. The van der Waals surface area contributed by atoms with E-state index in [1.165, 1.54) is 4.88 Å². The molecule has 6 heteroatoms. The Hall–Kier alpha value is -2.70. The zero-order valence-corrected chi connectivity index (χ0v) is 14.3. The average molecular weight is 335 g/mol. The van der Waals surface area contributed by atoms with Crippen molar-refractivity contribution in [3.63, 3.8) is 0 Å². The Balaban J connectivity index is 1.77. The molecule has 0 amide bonds. The number of hydrazine groups is 2. The van der Waals surface area contributed by atoms with Crippen LogP contribution in [-0.4, -0.2) is 10.8 Å². The summed E-state index contributed by atoms with van der Waals surface area (Å²) < 4.78 is 0. The maximum absolute atomic E-state index is 4.76. The largest absolute Gasteiger partial charge is 0.224 e. The Kier molecular flexibility index (Phi) is 3.76. The van der Waals surface area contributed by atoms with Crippen molar-refractivity contribution in [3.8, 4) is 0 Å². The number of hydrogen-bond donors (Lipinski definition) is 1. The molecule has 0 unspecified atom stereocenters. The van der Waals surface area contributed by atoms with Crippen LogP contribution in [0, 0.1) is 13.8 Å². The van der Waals surface area contributed by atoms with Crippen LogP contribution in [0.3, 0.4) is 0 Å². The maximum Gasteiger partial charge on any atom is 0.208 e. The number of anilines is 2. The standard InChI is InChI=1S/C18H17N5S/c1-13-14(2)24-18(19-13)22-17(15-9-5-3-6-10-15)20-23(21-22)16-11-7-4-8-12-16/h3-12,21H,1-2H3. The van der Waals surface area contributed by atoms with Crippen molar-refractivity contribution in [1.82, 2.24) is 10.5 Å². The van der Waals surface area contributed by atoms with E-state index >= 15 is 0 Å². The fourth-order valence-corrected chi connectivity index (χ4v) is 3.32. The van der Waals surface area contributed by atoms with Crippen LogP contribution in [0.4, 0.5) is 10.8 Å². The highest BCUT2D eigenvalue weighted by atomic mass is 32.1. The Labute approximate surface area is 144 Å². The van der Waals surface area contributed by atoms with E-state index in [0.29, 0.717) is 0 Å². The van der Waals surface area contributed by atoms with Crippen LogP contribution >= 0.6 is 11.3 Å². The lowest BCUT2D eigenvalue weighted by Gasteiger charge is -2.19. The molecule has 0 saturated heterocycles. The predicted octanol–water partition coefficient (Wildman–Crippen LogP) is 3.87. The Morgan fingerprint density at radius 2 is 1.58 bits per heavy atom. The molecule has 0 spiro atoms. The molecule has 2 heterocycles. The van der Waals surface area contributed by atoms with Gasteiger partial charge < -0.3 is 0 Å². The predicted molar refractivity (Wildman–Crippen MR) is 99.1 cm³/mol. The number of aryl methyl sites for hydroxylation is 2. The van der Waals surface area contributed by atoms with Gasteiger partial charge in [0, 0.05) is 10.4 Å². The molecule has 24 heavy (non-hydrogen) atoms. The summed E-state index contributed by atoms with van der Waals surface area (Å²) in [5, 5.41) is 9.35. The molecule has 1 aliphatic heterocycles. The molecule has 0 radical (unpaired) electrons. The van der Waals surface area contributed by atoms with Gasteiger partial charge in [0.2, 0.25) is 5.13 Å². The zero-order chi connectivity index (χ0) is 16.5. The van der Waals surface area contributed by atoms with Gasteiger partial charge >= 0.3 is 0 Å². The first-order valence-corrected chi connectivity index (χ1v) is 8.53. The number of nitrogens with zero attached hydrogens (tertiary/aromatic N) is 4. The number of amidine groups is 1. The van der Waals surface area contributed by atoms with Gasteiger partial charge in [-0.3, -0.25) is 0 Å². The van der Waals surface area contributed by atoms with Crippen LogP contribution in [0.5, 0.6) is 0 Å². The topological polar surface area (TPSA) is 43.8 Å². The van der Waals surface area contributed by atoms with Gasteiger partial charge in [-0.25, -0.2) is 9.99 Å². The smallest absolute Gasteiger partial charge is 0.208 e. The summed E-state index contributed by atoms with van der Waals surface area (Å²) in [6, 6.07) is 20.1. The van der Waals surface area contributed by atoms with E-state index in [1.54, 1.807) is 16.5 Å². The fourth-order valence-electron chi connectivity index (χ4n) is 2.45. The monoisotopic (exact) mass is 335 g/mol. The molecule has 1 N–H and O–H groups in total. The summed E-state index contributed by atoms with van der Waals surface area (Å²) in [5.41, 5.74) is 6.37. The Morgan fingerprint density at radius 1 is 0.917 bits per heavy atom. The first-order chi connectivity index (χ1) is 11.7. The molecule has 1 aliphatic rings. The number of benzene rings is 2. The van der Waals surface area contributed by atoms with Crippen LogP contribution in [0.1, 0.15) is 16.1 Å². The molecule has 4 rings (SSSR count). The molecule has 5 nitrogen and oxygen atoms in total. The average Bonchev–Trinajstić information content (AvgIpc) is 3.21. The van der Waals surface area contributed by atoms with Gasteiger partial charge in [-0.05, 0) is 26.0 Å². The highest BCUT2D eigenvalue weighted by Crippen LogP contribution is 2.29. The number of hydrazone groups is 1. The first kappa shape index (κ1) is 14.9. The maximum atomic E-state index is 4.76. The van der Waals surface area contributed by atoms with E-state index < -0.39 is 0 Å². The van der Waals surface area contributed by atoms with Crippen molar-refractivity contribution in [3.05, 3.63) is 76.8 Å². The van der Waals surface area contributed by atoms with Gasteiger partial charge in [-0.1, -0.05) is 48.5 Å². The highest BCUT2D eigenvalue weighted by molar-refractivity contribution is 7.15. The number of nitrogens with one attached hydrogen (secondary N) is 1. The third kappa shape index (κ3) is 2.66. The minimum Gasteiger partial charge on any atom is -0.224 e. The van der Waals surface area contributed by atoms with Gasteiger partial charge in [-0.2, -0.15) is 5.12 Å². The quantitative estimate of drug-likeness (QED) is 0.789. The molecule has 1 aromatic heterocycles. The van der Waals surface area contributed by atoms with Crippen molar-refractivity contribution in [2.45, 2.75) is 13.8 Å². The normalized spacial score (nSPS) is 14.2. The first-order valence-electron chi connectivity index (χ1n) is 7.72. The molecule has 0 fully saturated rings. The molecule has 3 aromatic rings. The van der Waals surface area contributed by atoms with Crippen LogP contribution in [0.15, 0.2) is 65.8 Å². The summed E-state index contributed by atoms with van der Waals surface area (Å²) in [4.78, 5) is 5.88. The highest BCUT2D eigenvalue weighted by Gasteiger charge is 2.28. The molecule has 0 aliphatic carbocycles. The van der Waals surface area contributed by atoms with Crippen LogP contribution in [0.2, 0.25) is 0 Å². The van der Waals surface area contributed by atoms with E-state index in [-0.39, 0.29) is 0 Å². The summed E-state index contributed by atoms with van der Waals surface area (Å²) in [6.07, 6.45) is 0. The molecule has 120 valence electrons. The summed E-state index contributed by atoms with van der Waals surface area (Å²) in [6.45, 7) is 4.11. The third-order valence-electron chi connectivity index (χ3n) is 3.84. The Morgan fingerprint density at radius 3 is 2.21 bits per heavy atom. The number of thiazole rings is 1. The molecular formula is C18H17N5S. The number of hydrogen-bond acceptors (Lipinski definition) is 6. The molecule has 0 saturated carbocycles. The number of para-hydroxylation sites is 1. The fraction of sp³-hybridized carbons (Fsp3) is 0.111. The summed E-state index contributed by atoms with van der Waals surface area (Å²) in [7, 11) is 0. The lowest BCUT2D eigenvalue weighted by Crippen LogP contribution is -2.43. The van der Waals surface area contributed by atoms with Gasteiger partial charge in [0.25, 0.3) is 0 Å². The van der Waals surface area contributed by atoms with Crippen LogP contribution < -0.4 is 15.7 Å². The molecule has 0 atom stereocenters. The summed E-state index contributed by atoms with van der Waals surface area (Å²) >= 11 is 1.65.